The highest BCUT2D eigenvalue weighted by atomic mass is 127. The van der Waals surface area contributed by atoms with Crippen molar-refractivity contribution in [2.24, 2.45) is 10.4 Å². The van der Waals surface area contributed by atoms with Gasteiger partial charge in [-0.2, -0.15) is 0 Å². The van der Waals surface area contributed by atoms with Crippen LogP contribution >= 0.6 is 24.0 Å². The van der Waals surface area contributed by atoms with Crippen LogP contribution in [0, 0.1) is 11.2 Å². The van der Waals surface area contributed by atoms with E-state index in [1.54, 1.807) is 19.2 Å². The molecule has 1 saturated carbocycles. The molecule has 0 saturated heterocycles. The molecule has 4 nitrogen and oxygen atoms in total. The van der Waals surface area contributed by atoms with Gasteiger partial charge in [-0.15, -0.1) is 24.0 Å². The summed E-state index contributed by atoms with van der Waals surface area (Å²) in [4.78, 5) is 6.36. The zero-order chi connectivity index (χ0) is 16.7. The minimum atomic E-state index is -0.202. The third-order valence-electron chi connectivity index (χ3n) is 4.44. The van der Waals surface area contributed by atoms with E-state index < -0.39 is 0 Å². The fraction of sp³-hybridized carbons (Fsp3) is 0.611. The van der Waals surface area contributed by atoms with Crippen LogP contribution in [-0.2, 0) is 11.3 Å². The molecule has 0 radical (unpaired) electrons. The quantitative estimate of drug-likeness (QED) is 0.285. The van der Waals surface area contributed by atoms with E-state index in [2.05, 4.69) is 10.3 Å². The van der Waals surface area contributed by atoms with Gasteiger partial charge in [-0.25, -0.2) is 4.39 Å². The molecule has 0 aliphatic heterocycles. The SMILES string of the molecule is CCOCCC1(CNC(=NC)N(C)Cc2cccc(F)c2)CC1.I. The third kappa shape index (κ3) is 6.55. The minimum Gasteiger partial charge on any atom is -0.382 e. The Labute approximate surface area is 161 Å². The number of guanidine groups is 1. The van der Waals surface area contributed by atoms with Crippen molar-refractivity contribution < 1.29 is 9.13 Å². The van der Waals surface area contributed by atoms with E-state index in [0.29, 0.717) is 12.0 Å². The third-order valence-corrected chi connectivity index (χ3v) is 4.44. The van der Waals surface area contributed by atoms with Crippen LogP contribution in [0.15, 0.2) is 29.3 Å². The Bertz CT molecular complexity index is 535. The Morgan fingerprint density at radius 1 is 1.42 bits per heavy atom. The van der Waals surface area contributed by atoms with Crippen LogP contribution < -0.4 is 5.32 Å². The fourth-order valence-electron chi connectivity index (χ4n) is 2.76. The Kier molecular flexibility index (Phi) is 8.97. The summed E-state index contributed by atoms with van der Waals surface area (Å²) in [6.07, 6.45) is 3.59. The van der Waals surface area contributed by atoms with Crippen molar-refractivity contribution in [2.45, 2.75) is 32.7 Å². The maximum absolute atomic E-state index is 13.3. The number of nitrogens with zero attached hydrogens (tertiary/aromatic N) is 2. The average Bonchev–Trinajstić information content (AvgIpc) is 3.28. The average molecular weight is 449 g/mol. The van der Waals surface area contributed by atoms with Crippen LogP contribution in [0.3, 0.4) is 0 Å². The van der Waals surface area contributed by atoms with E-state index in [1.807, 2.05) is 24.9 Å². The highest BCUT2D eigenvalue weighted by Crippen LogP contribution is 2.48. The van der Waals surface area contributed by atoms with E-state index >= 15 is 0 Å². The Morgan fingerprint density at radius 2 is 2.17 bits per heavy atom. The van der Waals surface area contributed by atoms with Crippen LogP contribution in [0.25, 0.3) is 0 Å². The smallest absolute Gasteiger partial charge is 0.193 e. The van der Waals surface area contributed by atoms with Crippen LogP contribution in [0.4, 0.5) is 4.39 Å². The van der Waals surface area contributed by atoms with Crippen molar-refractivity contribution in [2.75, 3.05) is 33.9 Å². The summed E-state index contributed by atoms with van der Waals surface area (Å²) in [6.45, 7) is 5.18. The van der Waals surface area contributed by atoms with Crippen molar-refractivity contribution in [3.05, 3.63) is 35.6 Å². The number of ether oxygens (including phenoxy) is 1. The van der Waals surface area contributed by atoms with Crippen molar-refractivity contribution in [3.8, 4) is 0 Å². The lowest BCUT2D eigenvalue weighted by Gasteiger charge is -2.24. The molecule has 0 spiro atoms. The summed E-state index contributed by atoms with van der Waals surface area (Å²) in [6, 6.07) is 6.69. The normalized spacial score (nSPS) is 15.6. The highest BCUT2D eigenvalue weighted by molar-refractivity contribution is 14.0. The van der Waals surface area contributed by atoms with Gasteiger partial charge in [0.05, 0.1) is 0 Å². The molecule has 0 atom stereocenters. The molecule has 0 unspecified atom stereocenters. The van der Waals surface area contributed by atoms with E-state index in [0.717, 1.165) is 37.7 Å². The molecule has 1 aromatic carbocycles. The van der Waals surface area contributed by atoms with E-state index in [4.69, 9.17) is 4.74 Å². The molecule has 24 heavy (non-hydrogen) atoms. The van der Waals surface area contributed by atoms with Crippen LogP contribution in [-0.4, -0.2) is 44.7 Å². The number of halogens is 2. The maximum Gasteiger partial charge on any atom is 0.193 e. The topological polar surface area (TPSA) is 36.9 Å². The molecular formula is C18H29FIN3O. The molecule has 1 fully saturated rings. The Morgan fingerprint density at radius 3 is 2.75 bits per heavy atom. The molecule has 1 aliphatic rings. The zero-order valence-corrected chi connectivity index (χ0v) is 17.2. The van der Waals surface area contributed by atoms with Crippen molar-refractivity contribution in [1.29, 1.82) is 0 Å². The molecule has 136 valence electrons. The van der Waals surface area contributed by atoms with Gasteiger partial charge in [-0.05, 0) is 49.3 Å². The van der Waals surface area contributed by atoms with Crippen molar-refractivity contribution in [3.63, 3.8) is 0 Å². The molecule has 1 aliphatic carbocycles. The van der Waals surface area contributed by atoms with Crippen molar-refractivity contribution >= 4 is 29.9 Å². The molecule has 1 aromatic rings. The molecule has 2 rings (SSSR count). The second-order valence-corrected chi connectivity index (χ2v) is 6.33. The largest absolute Gasteiger partial charge is 0.382 e. The number of hydrogen-bond acceptors (Lipinski definition) is 2. The first-order valence-electron chi connectivity index (χ1n) is 8.32. The lowest BCUT2D eigenvalue weighted by atomic mass is 10.0. The zero-order valence-electron chi connectivity index (χ0n) is 14.8. The molecule has 6 heteroatoms. The van der Waals surface area contributed by atoms with Gasteiger partial charge in [0, 0.05) is 40.4 Å². The first kappa shape index (κ1) is 21.2. The lowest BCUT2D eigenvalue weighted by Crippen LogP contribution is -2.41. The van der Waals surface area contributed by atoms with Gasteiger partial charge >= 0.3 is 0 Å². The standard InChI is InChI=1S/C18H28FN3O.HI/c1-4-23-11-10-18(8-9-18)14-21-17(20-2)22(3)13-15-6-5-7-16(19)12-15;/h5-7,12H,4,8-11,13-14H2,1-3H3,(H,20,21);1H. The van der Waals surface area contributed by atoms with Crippen LogP contribution in [0.2, 0.25) is 0 Å². The summed E-state index contributed by atoms with van der Waals surface area (Å²) in [5.74, 6) is 0.642. The van der Waals surface area contributed by atoms with E-state index in [9.17, 15) is 4.39 Å². The molecule has 0 bridgehead atoms. The summed E-state index contributed by atoms with van der Waals surface area (Å²) in [7, 11) is 3.75. The summed E-state index contributed by atoms with van der Waals surface area (Å²) in [5, 5.41) is 3.46. The monoisotopic (exact) mass is 449 g/mol. The van der Waals surface area contributed by atoms with Gasteiger partial charge < -0.3 is 15.0 Å². The summed E-state index contributed by atoms with van der Waals surface area (Å²) < 4.78 is 18.8. The lowest BCUT2D eigenvalue weighted by molar-refractivity contribution is 0.128. The van der Waals surface area contributed by atoms with Crippen LogP contribution in [0.1, 0.15) is 31.7 Å². The minimum absolute atomic E-state index is 0. The van der Waals surface area contributed by atoms with E-state index in [1.165, 1.54) is 18.9 Å². The Balaban J connectivity index is 0.00000288. The fourth-order valence-corrected chi connectivity index (χ4v) is 2.76. The molecule has 0 heterocycles. The number of hydrogen-bond donors (Lipinski definition) is 1. The summed E-state index contributed by atoms with van der Waals surface area (Å²) >= 11 is 0. The van der Waals surface area contributed by atoms with Crippen molar-refractivity contribution in [1.82, 2.24) is 10.2 Å². The second-order valence-electron chi connectivity index (χ2n) is 6.33. The predicted octanol–water partition coefficient (Wildman–Crippen LogP) is 3.66. The van der Waals surface area contributed by atoms with Gasteiger partial charge in [0.15, 0.2) is 5.96 Å². The van der Waals surface area contributed by atoms with Gasteiger partial charge in [0.2, 0.25) is 0 Å². The number of nitrogens with one attached hydrogen (secondary N) is 1. The second kappa shape index (κ2) is 10.2. The molecular weight excluding hydrogens is 420 g/mol. The summed E-state index contributed by atoms with van der Waals surface area (Å²) in [5.41, 5.74) is 1.30. The molecule has 0 aromatic heterocycles. The predicted molar refractivity (Wildman–Crippen MR) is 107 cm³/mol. The Hall–Kier alpha value is -0.890. The number of rotatable bonds is 8. The van der Waals surface area contributed by atoms with E-state index in [-0.39, 0.29) is 29.8 Å². The van der Waals surface area contributed by atoms with Gasteiger partial charge in [-0.1, -0.05) is 12.1 Å². The molecule has 1 N–H and O–H groups in total. The van der Waals surface area contributed by atoms with Gasteiger partial charge in [0.25, 0.3) is 0 Å². The first-order chi connectivity index (χ1) is 11.1. The van der Waals surface area contributed by atoms with Gasteiger partial charge in [-0.3, -0.25) is 4.99 Å². The first-order valence-corrected chi connectivity index (χ1v) is 8.32. The maximum atomic E-state index is 13.3. The highest BCUT2D eigenvalue weighted by Gasteiger charge is 2.42. The van der Waals surface area contributed by atoms with Gasteiger partial charge in [0.1, 0.15) is 5.82 Å². The van der Waals surface area contributed by atoms with Crippen LogP contribution in [0.5, 0.6) is 0 Å². The molecule has 0 amide bonds. The number of aliphatic imine (C=N–C) groups is 1. The number of benzene rings is 1.